The fourth-order valence-electron chi connectivity index (χ4n) is 4.83. The normalized spacial score (nSPS) is 17.5. The monoisotopic (exact) mass is 488 g/mol. The first-order chi connectivity index (χ1) is 17.2. The lowest BCUT2D eigenvalue weighted by molar-refractivity contribution is -0.0501. The van der Waals surface area contributed by atoms with Gasteiger partial charge in [0.1, 0.15) is 5.75 Å². The van der Waals surface area contributed by atoms with Crippen molar-refractivity contribution in [1.29, 1.82) is 0 Å². The van der Waals surface area contributed by atoms with Gasteiger partial charge in [-0.1, -0.05) is 54.6 Å². The van der Waals surface area contributed by atoms with Gasteiger partial charge in [-0.3, -0.25) is 4.90 Å². The average molecular weight is 489 g/mol. The highest BCUT2D eigenvalue weighted by molar-refractivity contribution is 5.91. The van der Waals surface area contributed by atoms with Crippen LogP contribution in [0.25, 0.3) is 0 Å². The number of likely N-dealkylation sites (tertiary alicyclic amines) is 1. The van der Waals surface area contributed by atoms with Crippen LogP contribution >= 0.6 is 0 Å². The standard InChI is InChI=1S/C30H36N2O4/c1-22(32-19-17-30(35,18-20-32)26-7-5-4-6-8-26)28(33)24-13-15-27(16-14-24)36-29(34)25-11-9-23(10-12-25)21-31(2)3/h4-16,22,28,33,35H,17-21H2,1-3H3/t22-,28+/m0/s1. The number of hydrogen-bond acceptors (Lipinski definition) is 6. The number of piperidine rings is 1. The molecule has 1 fully saturated rings. The first kappa shape index (κ1) is 26.0. The molecule has 3 aromatic rings. The Morgan fingerprint density at radius 1 is 0.972 bits per heavy atom. The van der Waals surface area contributed by atoms with E-state index in [1.807, 2.05) is 63.5 Å². The molecule has 2 atom stereocenters. The van der Waals surface area contributed by atoms with Crippen molar-refractivity contribution in [3.05, 3.63) is 101 Å². The van der Waals surface area contributed by atoms with Crippen LogP contribution in [0.2, 0.25) is 0 Å². The topological polar surface area (TPSA) is 73.2 Å². The predicted molar refractivity (Wildman–Crippen MR) is 141 cm³/mol. The number of carbonyl (C=O) groups excluding carboxylic acids is 1. The first-order valence-corrected chi connectivity index (χ1v) is 12.5. The summed E-state index contributed by atoms with van der Waals surface area (Å²) in [6, 6.07) is 24.1. The summed E-state index contributed by atoms with van der Waals surface area (Å²) in [6.07, 6.45) is 0.556. The van der Waals surface area contributed by atoms with Crippen LogP contribution in [0.5, 0.6) is 5.75 Å². The fraction of sp³-hybridized carbons (Fsp3) is 0.367. The zero-order valence-corrected chi connectivity index (χ0v) is 21.3. The van der Waals surface area contributed by atoms with Gasteiger partial charge in [0.15, 0.2) is 0 Å². The van der Waals surface area contributed by atoms with E-state index in [0.717, 1.165) is 23.2 Å². The Labute approximate surface area is 213 Å². The molecule has 0 radical (unpaired) electrons. The van der Waals surface area contributed by atoms with Gasteiger partial charge in [-0.15, -0.1) is 0 Å². The van der Waals surface area contributed by atoms with Gasteiger partial charge >= 0.3 is 5.97 Å². The zero-order chi connectivity index (χ0) is 25.7. The van der Waals surface area contributed by atoms with E-state index in [9.17, 15) is 15.0 Å². The lowest BCUT2D eigenvalue weighted by Crippen LogP contribution is -2.47. The molecule has 0 aliphatic carbocycles. The maximum Gasteiger partial charge on any atom is 0.343 e. The van der Waals surface area contributed by atoms with Crippen LogP contribution < -0.4 is 4.74 Å². The summed E-state index contributed by atoms with van der Waals surface area (Å²) in [7, 11) is 4.00. The number of hydrogen-bond donors (Lipinski definition) is 2. The predicted octanol–water partition coefficient (Wildman–Crippen LogP) is 4.37. The summed E-state index contributed by atoms with van der Waals surface area (Å²) in [5, 5.41) is 22.1. The molecule has 0 aromatic heterocycles. The number of aliphatic hydroxyl groups is 2. The number of ether oxygens (including phenoxy) is 1. The zero-order valence-electron chi connectivity index (χ0n) is 21.3. The molecule has 6 heteroatoms. The van der Waals surface area contributed by atoms with Gasteiger partial charge < -0.3 is 19.8 Å². The van der Waals surface area contributed by atoms with Crippen LogP contribution in [0.1, 0.15) is 52.9 Å². The summed E-state index contributed by atoms with van der Waals surface area (Å²) in [5.74, 6) is 0.0270. The Morgan fingerprint density at radius 2 is 1.58 bits per heavy atom. The number of nitrogens with zero attached hydrogens (tertiary/aromatic N) is 2. The first-order valence-electron chi connectivity index (χ1n) is 12.5. The second kappa shape index (κ2) is 11.4. The SMILES string of the molecule is C[C@@H]([C@@H](O)c1ccc(OC(=O)c2ccc(CN(C)C)cc2)cc1)N1CCC(O)(c2ccccc2)CC1. The number of carbonyl (C=O) groups is 1. The number of esters is 1. The van der Waals surface area contributed by atoms with E-state index >= 15 is 0 Å². The van der Waals surface area contributed by atoms with Gasteiger partial charge in [0.2, 0.25) is 0 Å². The highest BCUT2D eigenvalue weighted by Gasteiger charge is 2.36. The summed E-state index contributed by atoms with van der Waals surface area (Å²) in [5.41, 5.74) is 2.52. The summed E-state index contributed by atoms with van der Waals surface area (Å²) >= 11 is 0. The molecule has 36 heavy (non-hydrogen) atoms. The minimum Gasteiger partial charge on any atom is -0.423 e. The second-order valence-electron chi connectivity index (χ2n) is 10.0. The minimum absolute atomic E-state index is 0.112. The molecule has 6 nitrogen and oxygen atoms in total. The highest BCUT2D eigenvalue weighted by atomic mass is 16.5. The van der Waals surface area contributed by atoms with Crippen LogP contribution in [0.15, 0.2) is 78.9 Å². The van der Waals surface area contributed by atoms with Crippen molar-refractivity contribution in [2.24, 2.45) is 0 Å². The van der Waals surface area contributed by atoms with Gasteiger partial charge in [-0.25, -0.2) is 4.79 Å². The van der Waals surface area contributed by atoms with E-state index in [2.05, 4.69) is 9.80 Å². The third-order valence-electron chi connectivity index (χ3n) is 7.09. The molecule has 190 valence electrons. The molecule has 0 saturated carbocycles. The lowest BCUT2D eigenvalue weighted by atomic mass is 9.83. The molecule has 1 aliphatic rings. The van der Waals surface area contributed by atoms with Crippen molar-refractivity contribution in [2.75, 3.05) is 27.2 Å². The molecule has 2 N–H and O–H groups in total. The molecular formula is C30H36N2O4. The van der Waals surface area contributed by atoms with Crippen molar-refractivity contribution in [1.82, 2.24) is 9.80 Å². The van der Waals surface area contributed by atoms with Gasteiger partial charge in [-0.2, -0.15) is 0 Å². The smallest absolute Gasteiger partial charge is 0.343 e. The Kier molecular flexibility index (Phi) is 8.21. The number of aliphatic hydroxyl groups excluding tert-OH is 1. The molecule has 1 saturated heterocycles. The van der Waals surface area contributed by atoms with E-state index in [1.165, 1.54) is 0 Å². The molecule has 3 aromatic carbocycles. The maximum absolute atomic E-state index is 12.5. The Balaban J connectivity index is 1.32. The van der Waals surface area contributed by atoms with Crippen molar-refractivity contribution >= 4 is 5.97 Å². The third-order valence-corrected chi connectivity index (χ3v) is 7.09. The van der Waals surface area contributed by atoms with E-state index in [1.54, 1.807) is 36.4 Å². The lowest BCUT2D eigenvalue weighted by Gasteiger charge is -2.42. The van der Waals surface area contributed by atoms with Crippen LogP contribution in [0.3, 0.4) is 0 Å². The van der Waals surface area contributed by atoms with Crippen molar-refractivity contribution in [2.45, 2.75) is 44.1 Å². The molecule has 0 bridgehead atoms. The molecule has 4 rings (SSSR count). The largest absolute Gasteiger partial charge is 0.423 e. The molecule has 0 unspecified atom stereocenters. The maximum atomic E-state index is 12.5. The van der Waals surface area contributed by atoms with Gasteiger partial charge in [0.05, 0.1) is 17.3 Å². The van der Waals surface area contributed by atoms with Gasteiger partial charge in [-0.05, 0) is 74.8 Å². The summed E-state index contributed by atoms with van der Waals surface area (Å²) in [6.45, 7) is 4.22. The quantitative estimate of drug-likeness (QED) is 0.362. The van der Waals surface area contributed by atoms with Crippen molar-refractivity contribution in [3.63, 3.8) is 0 Å². The van der Waals surface area contributed by atoms with E-state index in [4.69, 9.17) is 4.74 Å². The Bertz CT molecular complexity index is 1120. The number of rotatable bonds is 8. The van der Waals surface area contributed by atoms with Crippen LogP contribution in [0, 0.1) is 0 Å². The van der Waals surface area contributed by atoms with Crippen molar-refractivity contribution < 1.29 is 19.7 Å². The van der Waals surface area contributed by atoms with Crippen LogP contribution in [-0.2, 0) is 12.1 Å². The van der Waals surface area contributed by atoms with E-state index in [0.29, 0.717) is 37.2 Å². The molecule has 0 amide bonds. The fourth-order valence-corrected chi connectivity index (χ4v) is 4.83. The summed E-state index contributed by atoms with van der Waals surface area (Å²) in [4.78, 5) is 16.8. The number of benzene rings is 3. The molecular weight excluding hydrogens is 452 g/mol. The van der Waals surface area contributed by atoms with E-state index < -0.39 is 17.7 Å². The average Bonchev–Trinajstić information content (AvgIpc) is 2.89. The van der Waals surface area contributed by atoms with E-state index in [-0.39, 0.29) is 6.04 Å². The molecule has 1 aliphatic heterocycles. The summed E-state index contributed by atoms with van der Waals surface area (Å²) < 4.78 is 5.53. The second-order valence-corrected chi connectivity index (χ2v) is 10.0. The van der Waals surface area contributed by atoms with Crippen LogP contribution in [0.4, 0.5) is 0 Å². The Morgan fingerprint density at radius 3 is 2.17 bits per heavy atom. The highest BCUT2D eigenvalue weighted by Crippen LogP contribution is 2.35. The third kappa shape index (κ3) is 6.20. The van der Waals surface area contributed by atoms with Crippen LogP contribution in [-0.4, -0.2) is 59.2 Å². The van der Waals surface area contributed by atoms with Gasteiger partial charge in [0.25, 0.3) is 0 Å². The van der Waals surface area contributed by atoms with Crippen molar-refractivity contribution in [3.8, 4) is 5.75 Å². The molecule has 0 spiro atoms. The Hall–Kier alpha value is -3.03. The molecule has 1 heterocycles. The minimum atomic E-state index is -0.819. The van der Waals surface area contributed by atoms with Gasteiger partial charge in [0, 0.05) is 25.7 Å².